The van der Waals surface area contributed by atoms with E-state index in [1.54, 1.807) is 25.5 Å². The van der Waals surface area contributed by atoms with Crippen LogP contribution in [0, 0.1) is 0 Å². The van der Waals surface area contributed by atoms with Crippen molar-refractivity contribution in [2.24, 2.45) is 0 Å². The number of nitrogens with zero attached hydrogens (tertiary/aromatic N) is 2. The number of benzene rings is 1. The zero-order valence-electron chi connectivity index (χ0n) is 12.9. The Labute approximate surface area is 138 Å². The van der Waals surface area contributed by atoms with Crippen LogP contribution in [0.15, 0.2) is 45.4 Å². The second-order valence-electron chi connectivity index (χ2n) is 5.25. The number of halogens is 1. The molecule has 1 atom stereocenters. The summed E-state index contributed by atoms with van der Waals surface area (Å²) in [4.78, 5) is 1.17. The maximum Gasteiger partial charge on any atom is 0.283 e. The van der Waals surface area contributed by atoms with E-state index in [-0.39, 0.29) is 0 Å². The summed E-state index contributed by atoms with van der Waals surface area (Å²) in [5.41, 5.74) is 1.03. The van der Waals surface area contributed by atoms with Crippen molar-refractivity contribution in [2.75, 3.05) is 14.2 Å². The van der Waals surface area contributed by atoms with Crippen molar-refractivity contribution in [1.29, 1.82) is 0 Å². The number of rotatable bonds is 6. The molecule has 0 spiro atoms. The highest BCUT2D eigenvalue weighted by Gasteiger charge is 2.16. The van der Waals surface area contributed by atoms with Crippen LogP contribution in [0.25, 0.3) is 11.7 Å². The standard InChI is InChI=1S/C16H16ClN3O3/c1-20(9-11-8-12(17)5-6-13(11)21-2)10-15-18-19-16(23-15)14-4-3-7-22-14/h3-8H,9-10H2,1-2H3/p+1. The summed E-state index contributed by atoms with van der Waals surface area (Å²) in [7, 11) is 3.69. The summed E-state index contributed by atoms with van der Waals surface area (Å²) < 4.78 is 16.2. The third-order valence-electron chi connectivity index (χ3n) is 3.39. The van der Waals surface area contributed by atoms with Crippen molar-refractivity contribution in [3.05, 3.63) is 53.1 Å². The van der Waals surface area contributed by atoms with Crippen LogP contribution in [0.4, 0.5) is 0 Å². The van der Waals surface area contributed by atoms with Gasteiger partial charge in [0.25, 0.3) is 11.8 Å². The lowest BCUT2D eigenvalue weighted by atomic mass is 10.2. The van der Waals surface area contributed by atoms with Crippen LogP contribution in [0.3, 0.4) is 0 Å². The van der Waals surface area contributed by atoms with E-state index in [2.05, 4.69) is 10.2 Å². The number of hydrogen-bond acceptors (Lipinski definition) is 5. The van der Waals surface area contributed by atoms with E-state index >= 15 is 0 Å². The highest BCUT2D eigenvalue weighted by atomic mass is 35.5. The molecule has 3 aromatic rings. The van der Waals surface area contributed by atoms with Gasteiger partial charge in [-0.05, 0) is 30.3 Å². The Morgan fingerprint density at radius 3 is 2.83 bits per heavy atom. The van der Waals surface area contributed by atoms with E-state index in [0.29, 0.717) is 29.1 Å². The minimum absolute atomic E-state index is 0.387. The van der Waals surface area contributed by atoms with Gasteiger partial charge in [0.2, 0.25) is 0 Å². The van der Waals surface area contributed by atoms with E-state index in [4.69, 9.17) is 25.2 Å². The van der Waals surface area contributed by atoms with Crippen molar-refractivity contribution >= 4 is 11.6 Å². The molecule has 0 bridgehead atoms. The number of ether oxygens (including phenoxy) is 1. The number of furan rings is 1. The predicted molar refractivity (Wildman–Crippen MR) is 84.3 cm³/mol. The largest absolute Gasteiger partial charge is 0.496 e. The van der Waals surface area contributed by atoms with Gasteiger partial charge >= 0.3 is 0 Å². The average molecular weight is 335 g/mol. The number of hydrogen-bond donors (Lipinski definition) is 1. The van der Waals surface area contributed by atoms with Crippen molar-refractivity contribution in [3.63, 3.8) is 0 Å². The van der Waals surface area contributed by atoms with Crippen molar-refractivity contribution in [3.8, 4) is 17.4 Å². The average Bonchev–Trinajstić information content (AvgIpc) is 3.18. The van der Waals surface area contributed by atoms with E-state index < -0.39 is 0 Å². The second kappa shape index (κ2) is 6.85. The lowest BCUT2D eigenvalue weighted by molar-refractivity contribution is -0.909. The first kappa shape index (κ1) is 15.6. The molecule has 0 aliphatic rings. The fraction of sp³-hybridized carbons (Fsp3) is 0.250. The molecule has 0 saturated carbocycles. The van der Waals surface area contributed by atoms with Crippen LogP contribution in [-0.4, -0.2) is 24.4 Å². The molecule has 0 aliphatic carbocycles. The molecule has 2 heterocycles. The molecule has 3 rings (SSSR count). The van der Waals surface area contributed by atoms with Gasteiger partial charge in [0.15, 0.2) is 12.3 Å². The SMILES string of the molecule is COc1ccc(Cl)cc1C[NH+](C)Cc1nnc(-c2ccco2)o1. The van der Waals surface area contributed by atoms with Crippen LogP contribution in [0.2, 0.25) is 5.02 Å². The quantitative estimate of drug-likeness (QED) is 0.748. The fourth-order valence-electron chi connectivity index (χ4n) is 2.36. The van der Waals surface area contributed by atoms with E-state index in [9.17, 15) is 0 Å². The summed E-state index contributed by atoms with van der Waals surface area (Å²) in [6.07, 6.45) is 1.57. The zero-order chi connectivity index (χ0) is 16.2. The molecule has 6 nitrogen and oxygen atoms in total. The van der Waals surface area contributed by atoms with Gasteiger partial charge in [-0.1, -0.05) is 11.6 Å². The molecule has 1 aromatic carbocycles. The third-order valence-corrected chi connectivity index (χ3v) is 3.62. The van der Waals surface area contributed by atoms with Crippen LogP contribution in [0.1, 0.15) is 11.5 Å². The topological polar surface area (TPSA) is 65.7 Å². The van der Waals surface area contributed by atoms with Crippen LogP contribution in [-0.2, 0) is 13.1 Å². The molecule has 120 valence electrons. The first-order valence-electron chi connectivity index (χ1n) is 7.15. The Kier molecular flexibility index (Phi) is 4.64. The second-order valence-corrected chi connectivity index (χ2v) is 5.68. The van der Waals surface area contributed by atoms with Gasteiger partial charge in [-0.2, -0.15) is 0 Å². The molecular weight excluding hydrogens is 318 g/mol. The van der Waals surface area contributed by atoms with E-state index in [0.717, 1.165) is 17.9 Å². The van der Waals surface area contributed by atoms with Gasteiger partial charge < -0.3 is 18.5 Å². The summed E-state index contributed by atoms with van der Waals surface area (Å²) >= 11 is 6.06. The van der Waals surface area contributed by atoms with Gasteiger partial charge in [0, 0.05) is 10.6 Å². The van der Waals surface area contributed by atoms with Gasteiger partial charge in [-0.25, -0.2) is 0 Å². The third kappa shape index (κ3) is 3.72. The molecule has 0 aliphatic heterocycles. The zero-order valence-corrected chi connectivity index (χ0v) is 13.6. The molecule has 0 radical (unpaired) electrons. The smallest absolute Gasteiger partial charge is 0.283 e. The molecule has 7 heteroatoms. The highest BCUT2D eigenvalue weighted by Crippen LogP contribution is 2.22. The maximum atomic E-state index is 6.06. The monoisotopic (exact) mass is 334 g/mol. The van der Waals surface area contributed by atoms with Gasteiger partial charge in [0.1, 0.15) is 12.3 Å². The van der Waals surface area contributed by atoms with Crippen LogP contribution < -0.4 is 9.64 Å². The minimum atomic E-state index is 0.387. The van der Waals surface area contributed by atoms with Crippen LogP contribution >= 0.6 is 11.6 Å². The Morgan fingerprint density at radius 1 is 1.22 bits per heavy atom. The van der Waals surface area contributed by atoms with Gasteiger partial charge in [-0.15, -0.1) is 10.2 Å². The Morgan fingerprint density at radius 2 is 2.09 bits per heavy atom. The summed E-state index contributed by atoms with van der Waals surface area (Å²) in [5, 5.41) is 8.74. The summed E-state index contributed by atoms with van der Waals surface area (Å²) in [5.74, 6) is 2.32. The van der Waals surface area contributed by atoms with E-state index in [1.807, 2.05) is 25.2 Å². The minimum Gasteiger partial charge on any atom is -0.496 e. The number of nitrogens with one attached hydrogen (secondary N) is 1. The van der Waals surface area contributed by atoms with E-state index in [1.165, 1.54) is 4.90 Å². The molecule has 1 unspecified atom stereocenters. The van der Waals surface area contributed by atoms with Gasteiger partial charge in [-0.3, -0.25) is 0 Å². The normalized spacial score (nSPS) is 12.3. The van der Waals surface area contributed by atoms with Crippen molar-refractivity contribution in [1.82, 2.24) is 10.2 Å². The highest BCUT2D eigenvalue weighted by molar-refractivity contribution is 6.30. The molecule has 1 N–H and O–H groups in total. The number of methoxy groups -OCH3 is 1. The molecular formula is C16H17ClN3O3+. The molecule has 0 amide bonds. The molecule has 23 heavy (non-hydrogen) atoms. The lowest BCUT2D eigenvalue weighted by Crippen LogP contribution is -3.06. The van der Waals surface area contributed by atoms with Gasteiger partial charge in [0.05, 0.1) is 20.4 Å². The van der Waals surface area contributed by atoms with Crippen LogP contribution in [0.5, 0.6) is 5.75 Å². The number of aromatic nitrogens is 2. The Balaban J connectivity index is 1.68. The predicted octanol–water partition coefficient (Wildman–Crippen LogP) is 2.21. The molecule has 2 aromatic heterocycles. The number of quaternary nitrogens is 1. The van der Waals surface area contributed by atoms with Crippen molar-refractivity contribution < 1.29 is 18.5 Å². The molecule has 0 fully saturated rings. The fourth-order valence-corrected chi connectivity index (χ4v) is 2.55. The summed E-state index contributed by atoms with van der Waals surface area (Å²) in [6.45, 7) is 1.31. The first-order chi connectivity index (χ1) is 11.2. The maximum absolute atomic E-state index is 6.06. The Bertz CT molecular complexity index is 771. The first-order valence-corrected chi connectivity index (χ1v) is 7.53. The lowest BCUT2D eigenvalue weighted by Gasteiger charge is -2.14. The summed E-state index contributed by atoms with van der Waals surface area (Å²) in [6, 6.07) is 9.15. The Hall–Kier alpha value is -2.31. The van der Waals surface area contributed by atoms with Crippen molar-refractivity contribution in [2.45, 2.75) is 13.1 Å². The molecule has 0 saturated heterocycles.